The molecule has 1 unspecified atom stereocenters. The summed E-state index contributed by atoms with van der Waals surface area (Å²) in [5.74, 6) is -0.270. The number of benzene rings is 2. The van der Waals surface area contributed by atoms with E-state index in [1.165, 1.54) is 9.87 Å². The third kappa shape index (κ3) is 3.97. The van der Waals surface area contributed by atoms with Crippen molar-refractivity contribution in [2.24, 2.45) is 0 Å². The second kappa shape index (κ2) is 8.01. The molecule has 1 N–H and O–H groups in total. The van der Waals surface area contributed by atoms with Gasteiger partial charge in [0.25, 0.3) is 0 Å². The van der Waals surface area contributed by atoms with Gasteiger partial charge in [-0.2, -0.15) is 4.31 Å². The lowest BCUT2D eigenvalue weighted by Crippen LogP contribution is -2.42. The van der Waals surface area contributed by atoms with Gasteiger partial charge in [-0.05, 0) is 42.5 Å². The van der Waals surface area contributed by atoms with Crippen LogP contribution in [0, 0.1) is 0 Å². The van der Waals surface area contributed by atoms with E-state index in [9.17, 15) is 13.2 Å². The predicted molar refractivity (Wildman–Crippen MR) is 101 cm³/mol. The highest BCUT2D eigenvalue weighted by molar-refractivity contribution is 7.89. The Morgan fingerprint density at radius 2 is 1.81 bits per heavy atom. The molecule has 0 bridgehead atoms. The van der Waals surface area contributed by atoms with E-state index in [1.54, 1.807) is 37.3 Å². The lowest BCUT2D eigenvalue weighted by atomic mass is 9.88. The molecule has 2 aromatic carbocycles. The summed E-state index contributed by atoms with van der Waals surface area (Å²) in [4.78, 5) is 12.8. The van der Waals surface area contributed by atoms with Crippen LogP contribution in [0.3, 0.4) is 0 Å². The quantitative estimate of drug-likeness (QED) is 0.848. The highest BCUT2D eigenvalue weighted by Gasteiger charge is 2.27. The number of nitrogens with one attached hydrogen (secondary N) is 1. The minimum atomic E-state index is -3.68. The standard InChI is InChI=1S/C20H24N2O3S/c1-2-22(26(24,25)17-11-4-3-5-12-17)15-20(23)21-19-14-8-10-16-9-6-7-13-18(16)19/h3-7,9,11-13,19H,2,8,10,14-15H2,1H3,(H,21,23). The summed E-state index contributed by atoms with van der Waals surface area (Å²) >= 11 is 0. The molecule has 0 spiro atoms. The van der Waals surface area contributed by atoms with Crippen LogP contribution < -0.4 is 5.32 Å². The highest BCUT2D eigenvalue weighted by Crippen LogP contribution is 2.29. The van der Waals surface area contributed by atoms with Crippen LogP contribution in [0.1, 0.15) is 36.9 Å². The van der Waals surface area contributed by atoms with Crippen molar-refractivity contribution in [1.29, 1.82) is 0 Å². The van der Waals surface area contributed by atoms with Crippen LogP contribution in [0.25, 0.3) is 0 Å². The van der Waals surface area contributed by atoms with Crippen molar-refractivity contribution < 1.29 is 13.2 Å². The molecule has 138 valence electrons. The zero-order valence-electron chi connectivity index (χ0n) is 14.9. The van der Waals surface area contributed by atoms with Gasteiger partial charge in [-0.15, -0.1) is 0 Å². The smallest absolute Gasteiger partial charge is 0.243 e. The molecule has 0 fully saturated rings. The third-order valence-corrected chi connectivity index (χ3v) is 6.69. The maximum atomic E-state index is 12.7. The Bertz CT molecular complexity index is 866. The van der Waals surface area contributed by atoms with E-state index in [0.717, 1.165) is 24.8 Å². The first-order valence-electron chi connectivity index (χ1n) is 8.94. The first kappa shape index (κ1) is 18.6. The molecule has 0 aliphatic heterocycles. The average Bonchev–Trinajstić information content (AvgIpc) is 2.67. The summed E-state index contributed by atoms with van der Waals surface area (Å²) in [6, 6.07) is 16.3. The van der Waals surface area contributed by atoms with Crippen LogP contribution in [0.5, 0.6) is 0 Å². The van der Waals surface area contributed by atoms with E-state index in [0.29, 0.717) is 0 Å². The van der Waals surface area contributed by atoms with Crippen molar-refractivity contribution >= 4 is 15.9 Å². The molecule has 1 aliphatic carbocycles. The summed E-state index contributed by atoms with van der Waals surface area (Å²) in [5.41, 5.74) is 2.40. The highest BCUT2D eigenvalue weighted by atomic mass is 32.2. The van der Waals surface area contributed by atoms with Crippen molar-refractivity contribution in [1.82, 2.24) is 9.62 Å². The van der Waals surface area contributed by atoms with Gasteiger partial charge < -0.3 is 5.32 Å². The number of hydrogen-bond acceptors (Lipinski definition) is 3. The number of sulfonamides is 1. The Hall–Kier alpha value is -2.18. The van der Waals surface area contributed by atoms with Gasteiger partial charge in [0, 0.05) is 6.54 Å². The number of aryl methyl sites for hydroxylation is 1. The molecule has 0 saturated carbocycles. The van der Waals surface area contributed by atoms with Crippen LogP contribution in [0.4, 0.5) is 0 Å². The molecule has 1 atom stereocenters. The molecule has 5 nitrogen and oxygen atoms in total. The van der Waals surface area contributed by atoms with E-state index in [1.807, 2.05) is 18.2 Å². The van der Waals surface area contributed by atoms with Gasteiger partial charge in [-0.3, -0.25) is 4.79 Å². The number of fused-ring (bicyclic) bond motifs is 1. The third-order valence-electron chi connectivity index (χ3n) is 4.76. The van der Waals surface area contributed by atoms with E-state index in [-0.39, 0.29) is 29.9 Å². The van der Waals surface area contributed by atoms with Crippen LogP contribution in [-0.4, -0.2) is 31.7 Å². The first-order valence-corrected chi connectivity index (χ1v) is 10.4. The molecule has 0 radical (unpaired) electrons. The molecule has 6 heteroatoms. The Morgan fingerprint density at radius 1 is 1.12 bits per heavy atom. The molecular formula is C20H24N2O3S. The van der Waals surface area contributed by atoms with Crippen LogP contribution in [0.15, 0.2) is 59.5 Å². The predicted octanol–water partition coefficient (Wildman–Crippen LogP) is 2.89. The number of rotatable bonds is 6. The van der Waals surface area contributed by atoms with Crippen LogP contribution in [-0.2, 0) is 21.2 Å². The molecule has 0 aromatic heterocycles. The van der Waals surface area contributed by atoms with Gasteiger partial charge in [0.1, 0.15) is 0 Å². The van der Waals surface area contributed by atoms with E-state index < -0.39 is 10.0 Å². The average molecular weight is 372 g/mol. The Morgan fingerprint density at radius 3 is 2.54 bits per heavy atom. The minimum absolute atomic E-state index is 0.0504. The van der Waals surface area contributed by atoms with Crippen molar-refractivity contribution in [3.05, 3.63) is 65.7 Å². The lowest BCUT2D eigenvalue weighted by Gasteiger charge is -2.27. The van der Waals surface area contributed by atoms with Gasteiger partial charge in [-0.25, -0.2) is 8.42 Å². The second-order valence-electron chi connectivity index (χ2n) is 6.46. The number of nitrogens with zero attached hydrogens (tertiary/aromatic N) is 1. The summed E-state index contributed by atoms with van der Waals surface area (Å²) < 4.78 is 26.7. The second-order valence-corrected chi connectivity index (χ2v) is 8.39. The summed E-state index contributed by atoms with van der Waals surface area (Å²) in [7, 11) is -3.68. The fourth-order valence-corrected chi connectivity index (χ4v) is 4.84. The molecule has 3 rings (SSSR count). The Balaban J connectivity index is 1.71. The maximum Gasteiger partial charge on any atom is 0.243 e. The number of carbonyl (C=O) groups is 1. The largest absolute Gasteiger partial charge is 0.348 e. The summed E-state index contributed by atoms with van der Waals surface area (Å²) in [6.07, 6.45) is 2.91. The van der Waals surface area contributed by atoms with E-state index >= 15 is 0 Å². The van der Waals surface area contributed by atoms with Gasteiger partial charge in [0.15, 0.2) is 0 Å². The fourth-order valence-electron chi connectivity index (χ4n) is 3.41. The molecule has 1 aliphatic rings. The van der Waals surface area contributed by atoms with E-state index in [4.69, 9.17) is 0 Å². The Labute approximate surface area is 155 Å². The van der Waals surface area contributed by atoms with Gasteiger partial charge in [-0.1, -0.05) is 49.4 Å². The molecule has 2 aromatic rings. The zero-order chi connectivity index (χ0) is 18.6. The van der Waals surface area contributed by atoms with Gasteiger partial charge in [0.05, 0.1) is 17.5 Å². The zero-order valence-corrected chi connectivity index (χ0v) is 15.7. The van der Waals surface area contributed by atoms with Gasteiger partial charge in [0.2, 0.25) is 15.9 Å². The Kier molecular flexibility index (Phi) is 5.74. The monoisotopic (exact) mass is 372 g/mol. The summed E-state index contributed by atoms with van der Waals surface area (Å²) in [5, 5.41) is 3.02. The normalized spacial score (nSPS) is 16.9. The number of hydrogen-bond donors (Lipinski definition) is 1. The van der Waals surface area contributed by atoms with Crippen molar-refractivity contribution in [2.75, 3.05) is 13.1 Å². The molecule has 0 heterocycles. The SMILES string of the molecule is CCN(CC(=O)NC1CCCc2ccccc21)S(=O)(=O)c1ccccc1. The molecule has 0 saturated heterocycles. The summed E-state index contributed by atoms with van der Waals surface area (Å²) in [6.45, 7) is 1.81. The topological polar surface area (TPSA) is 66.5 Å². The number of carbonyl (C=O) groups excluding carboxylic acids is 1. The van der Waals surface area contributed by atoms with E-state index in [2.05, 4.69) is 11.4 Å². The minimum Gasteiger partial charge on any atom is -0.348 e. The van der Waals surface area contributed by atoms with Crippen molar-refractivity contribution in [3.63, 3.8) is 0 Å². The van der Waals surface area contributed by atoms with Crippen molar-refractivity contribution in [3.8, 4) is 0 Å². The lowest BCUT2D eigenvalue weighted by molar-refractivity contribution is -0.122. The maximum absolute atomic E-state index is 12.7. The van der Waals surface area contributed by atoms with Crippen LogP contribution in [0.2, 0.25) is 0 Å². The van der Waals surface area contributed by atoms with Crippen molar-refractivity contribution in [2.45, 2.75) is 37.1 Å². The molecule has 1 amide bonds. The molecule has 26 heavy (non-hydrogen) atoms. The van der Waals surface area contributed by atoms with Crippen LogP contribution >= 0.6 is 0 Å². The first-order chi connectivity index (χ1) is 12.5. The molecular weight excluding hydrogens is 348 g/mol. The number of likely N-dealkylation sites (N-methyl/N-ethyl adjacent to an activating group) is 1. The number of amides is 1. The van der Waals surface area contributed by atoms with Gasteiger partial charge >= 0.3 is 0 Å². The fraction of sp³-hybridized carbons (Fsp3) is 0.350.